The van der Waals surface area contributed by atoms with Crippen LogP contribution in [0, 0.1) is 13.8 Å². The molecular weight excluding hydrogens is 212 g/mol. The summed E-state index contributed by atoms with van der Waals surface area (Å²) in [6.45, 7) is 7.71. The number of rotatable bonds is 5. The van der Waals surface area contributed by atoms with Gasteiger partial charge in [0.25, 0.3) is 0 Å². The highest BCUT2D eigenvalue weighted by atomic mass is 16.1. The van der Waals surface area contributed by atoms with Crippen LogP contribution in [0.1, 0.15) is 41.5 Å². The molecular formula is C14H22N2O. The van der Waals surface area contributed by atoms with Crippen molar-refractivity contribution < 1.29 is 4.79 Å². The van der Waals surface area contributed by atoms with Crippen molar-refractivity contribution in [1.82, 2.24) is 9.47 Å². The molecule has 1 aromatic heterocycles. The fourth-order valence-electron chi connectivity index (χ4n) is 2.53. The zero-order valence-electron chi connectivity index (χ0n) is 11.3. The number of aryl methyl sites for hydroxylation is 1. The molecule has 94 valence electrons. The lowest BCUT2D eigenvalue weighted by Crippen LogP contribution is -2.28. The van der Waals surface area contributed by atoms with Crippen molar-refractivity contribution in [3.63, 3.8) is 0 Å². The van der Waals surface area contributed by atoms with E-state index in [1.54, 1.807) is 0 Å². The second kappa shape index (κ2) is 4.65. The topological polar surface area (TPSA) is 25.2 Å². The molecule has 1 aromatic rings. The molecule has 2 rings (SSSR count). The number of likely N-dealkylation sites (N-methyl/N-ethyl adjacent to an activating group) is 1. The highest BCUT2D eigenvalue weighted by Crippen LogP contribution is 2.25. The molecule has 0 bridgehead atoms. The van der Waals surface area contributed by atoms with E-state index >= 15 is 0 Å². The Hall–Kier alpha value is -1.09. The minimum absolute atomic E-state index is 0.257. The van der Waals surface area contributed by atoms with Crippen LogP contribution >= 0.6 is 0 Å². The van der Waals surface area contributed by atoms with Crippen LogP contribution in [0.5, 0.6) is 0 Å². The third-order valence-corrected chi connectivity index (χ3v) is 3.75. The minimum atomic E-state index is 0.257. The summed E-state index contributed by atoms with van der Waals surface area (Å²) in [5.41, 5.74) is 3.19. The first-order valence-corrected chi connectivity index (χ1v) is 6.44. The highest BCUT2D eigenvalue weighted by molar-refractivity contribution is 5.99. The minimum Gasteiger partial charge on any atom is -0.349 e. The normalized spacial score (nSPS) is 15.6. The second-order valence-corrected chi connectivity index (χ2v) is 5.10. The summed E-state index contributed by atoms with van der Waals surface area (Å²) in [4.78, 5) is 14.4. The number of ketones is 1. The van der Waals surface area contributed by atoms with Gasteiger partial charge < -0.3 is 4.57 Å². The van der Waals surface area contributed by atoms with Gasteiger partial charge in [0.15, 0.2) is 5.78 Å². The maximum atomic E-state index is 12.2. The SMILES string of the molecule is CCn1c(C)cc(C(=O)CN(C)C2CC2)c1C. The second-order valence-electron chi connectivity index (χ2n) is 5.10. The van der Waals surface area contributed by atoms with Gasteiger partial charge in [-0.2, -0.15) is 0 Å². The zero-order valence-corrected chi connectivity index (χ0v) is 11.3. The van der Waals surface area contributed by atoms with Crippen LogP contribution in [0.3, 0.4) is 0 Å². The summed E-state index contributed by atoms with van der Waals surface area (Å²) in [5.74, 6) is 0.257. The van der Waals surface area contributed by atoms with E-state index in [9.17, 15) is 4.79 Å². The number of aromatic nitrogens is 1. The molecule has 0 spiro atoms. The molecule has 0 N–H and O–H groups in total. The molecule has 3 nitrogen and oxygen atoms in total. The summed E-state index contributed by atoms with van der Waals surface area (Å²) >= 11 is 0. The van der Waals surface area contributed by atoms with Crippen LogP contribution in [0.2, 0.25) is 0 Å². The largest absolute Gasteiger partial charge is 0.349 e. The van der Waals surface area contributed by atoms with Gasteiger partial charge in [0.05, 0.1) is 6.54 Å². The predicted molar refractivity (Wildman–Crippen MR) is 69.6 cm³/mol. The Morgan fingerprint density at radius 1 is 1.47 bits per heavy atom. The van der Waals surface area contributed by atoms with Gasteiger partial charge in [0.1, 0.15) is 0 Å². The van der Waals surface area contributed by atoms with Crippen molar-refractivity contribution in [3.05, 3.63) is 23.0 Å². The van der Waals surface area contributed by atoms with Crippen LogP contribution in [-0.4, -0.2) is 34.9 Å². The van der Waals surface area contributed by atoms with Gasteiger partial charge in [0, 0.05) is 29.5 Å². The third-order valence-electron chi connectivity index (χ3n) is 3.75. The van der Waals surface area contributed by atoms with Crippen LogP contribution in [-0.2, 0) is 6.54 Å². The van der Waals surface area contributed by atoms with E-state index in [1.165, 1.54) is 18.5 Å². The van der Waals surface area contributed by atoms with Crippen molar-refractivity contribution in [1.29, 1.82) is 0 Å². The Morgan fingerprint density at radius 3 is 2.59 bits per heavy atom. The van der Waals surface area contributed by atoms with E-state index < -0.39 is 0 Å². The van der Waals surface area contributed by atoms with Crippen molar-refractivity contribution in [2.75, 3.05) is 13.6 Å². The Bertz CT molecular complexity index is 430. The number of Topliss-reactive ketones (excluding diaryl/α,β-unsaturated/α-hetero) is 1. The monoisotopic (exact) mass is 234 g/mol. The fraction of sp³-hybridized carbons (Fsp3) is 0.643. The molecule has 0 unspecified atom stereocenters. The Balaban J connectivity index is 2.13. The van der Waals surface area contributed by atoms with Crippen LogP contribution in [0.4, 0.5) is 0 Å². The van der Waals surface area contributed by atoms with Gasteiger partial charge in [-0.05, 0) is 46.7 Å². The van der Waals surface area contributed by atoms with Crippen LogP contribution in [0.15, 0.2) is 6.07 Å². The first-order valence-electron chi connectivity index (χ1n) is 6.44. The fourth-order valence-corrected chi connectivity index (χ4v) is 2.53. The molecule has 1 fully saturated rings. The Kier molecular flexibility index (Phi) is 3.38. The number of carbonyl (C=O) groups excluding carboxylic acids is 1. The molecule has 0 aliphatic heterocycles. The quantitative estimate of drug-likeness (QED) is 0.731. The van der Waals surface area contributed by atoms with Crippen molar-refractivity contribution in [3.8, 4) is 0 Å². The summed E-state index contributed by atoms with van der Waals surface area (Å²) < 4.78 is 2.20. The van der Waals surface area contributed by atoms with Gasteiger partial charge in [-0.15, -0.1) is 0 Å². The molecule has 1 heterocycles. The van der Waals surface area contributed by atoms with Crippen LogP contribution in [0.25, 0.3) is 0 Å². The first kappa shape index (κ1) is 12.4. The summed E-state index contributed by atoms with van der Waals surface area (Å²) in [6, 6.07) is 2.68. The summed E-state index contributed by atoms with van der Waals surface area (Å²) in [5, 5.41) is 0. The van der Waals surface area contributed by atoms with Crippen molar-refractivity contribution in [2.24, 2.45) is 0 Å². The van der Waals surface area contributed by atoms with E-state index in [4.69, 9.17) is 0 Å². The number of hydrogen-bond acceptors (Lipinski definition) is 2. The van der Waals surface area contributed by atoms with Gasteiger partial charge in [-0.1, -0.05) is 0 Å². The maximum Gasteiger partial charge on any atom is 0.178 e. The lowest BCUT2D eigenvalue weighted by molar-refractivity contribution is 0.0941. The van der Waals surface area contributed by atoms with Gasteiger partial charge in [0.2, 0.25) is 0 Å². The average molecular weight is 234 g/mol. The molecule has 0 saturated heterocycles. The molecule has 0 aromatic carbocycles. The Morgan fingerprint density at radius 2 is 2.12 bits per heavy atom. The van der Waals surface area contributed by atoms with Crippen molar-refractivity contribution in [2.45, 2.75) is 46.2 Å². The van der Waals surface area contributed by atoms with E-state index in [1.807, 2.05) is 13.0 Å². The number of hydrogen-bond donors (Lipinski definition) is 0. The average Bonchev–Trinajstić information content (AvgIpc) is 3.06. The first-order chi connectivity index (χ1) is 8.04. The molecule has 3 heteroatoms. The third kappa shape index (κ3) is 2.44. The smallest absolute Gasteiger partial charge is 0.178 e. The standard InChI is InChI=1S/C14H22N2O/c1-5-16-10(2)8-13(11(16)3)14(17)9-15(4)12-6-7-12/h8,12H,5-7,9H2,1-4H3. The number of carbonyl (C=O) groups is 1. The Labute approximate surface area is 103 Å². The molecule has 0 amide bonds. The molecule has 17 heavy (non-hydrogen) atoms. The highest BCUT2D eigenvalue weighted by Gasteiger charge is 2.28. The molecule has 1 aliphatic carbocycles. The molecule has 1 saturated carbocycles. The summed E-state index contributed by atoms with van der Waals surface area (Å²) in [6.07, 6.45) is 2.50. The molecule has 0 atom stereocenters. The van der Waals surface area contributed by atoms with E-state index in [0.29, 0.717) is 12.6 Å². The van der Waals surface area contributed by atoms with Gasteiger partial charge in [-0.25, -0.2) is 0 Å². The predicted octanol–water partition coefficient (Wildman–Crippen LogP) is 2.40. The van der Waals surface area contributed by atoms with Crippen LogP contribution < -0.4 is 0 Å². The lowest BCUT2D eigenvalue weighted by atomic mass is 10.1. The lowest BCUT2D eigenvalue weighted by Gasteiger charge is -2.14. The maximum absolute atomic E-state index is 12.2. The van der Waals surface area contributed by atoms with Crippen molar-refractivity contribution >= 4 is 5.78 Å². The van der Waals surface area contributed by atoms with E-state index in [2.05, 4.69) is 30.4 Å². The van der Waals surface area contributed by atoms with Gasteiger partial charge >= 0.3 is 0 Å². The van der Waals surface area contributed by atoms with Gasteiger partial charge in [-0.3, -0.25) is 9.69 Å². The zero-order chi connectivity index (χ0) is 12.6. The molecule has 1 aliphatic rings. The van der Waals surface area contributed by atoms with E-state index in [-0.39, 0.29) is 5.78 Å². The van der Waals surface area contributed by atoms with E-state index in [0.717, 1.165) is 17.8 Å². The summed E-state index contributed by atoms with van der Waals surface area (Å²) in [7, 11) is 2.05. The number of nitrogens with zero attached hydrogens (tertiary/aromatic N) is 2. The molecule has 0 radical (unpaired) electrons.